The minimum absolute atomic E-state index is 0.618. The predicted molar refractivity (Wildman–Crippen MR) is 87.9 cm³/mol. The topological polar surface area (TPSA) is 37.4 Å². The van der Waals surface area contributed by atoms with Crippen molar-refractivity contribution in [1.29, 1.82) is 0 Å². The Morgan fingerprint density at radius 2 is 2.10 bits per heavy atom. The molecule has 0 bridgehead atoms. The molecule has 1 saturated heterocycles. The van der Waals surface area contributed by atoms with Crippen LogP contribution in [0.4, 0.5) is 5.13 Å². The van der Waals surface area contributed by atoms with E-state index in [0.717, 1.165) is 24.1 Å². The SMILES string of the molecule is CNCc1sc(N2CCC3CCCCC3C2)nc1COC. The van der Waals surface area contributed by atoms with Crippen LogP contribution in [0.3, 0.4) is 0 Å². The predicted octanol–water partition coefficient (Wildman–Crippen LogP) is 3.03. The molecule has 1 saturated carbocycles. The Morgan fingerprint density at radius 3 is 2.86 bits per heavy atom. The quantitative estimate of drug-likeness (QED) is 0.907. The minimum atomic E-state index is 0.618. The Balaban J connectivity index is 1.72. The number of ether oxygens (including phenoxy) is 1. The summed E-state index contributed by atoms with van der Waals surface area (Å²) in [5.74, 6) is 1.88. The van der Waals surface area contributed by atoms with E-state index in [1.807, 2.05) is 18.4 Å². The highest BCUT2D eigenvalue weighted by molar-refractivity contribution is 7.15. The van der Waals surface area contributed by atoms with Gasteiger partial charge in [-0.05, 0) is 31.7 Å². The first-order valence-electron chi connectivity index (χ1n) is 8.19. The number of hydrogen-bond donors (Lipinski definition) is 1. The van der Waals surface area contributed by atoms with Crippen LogP contribution in [0.2, 0.25) is 0 Å². The van der Waals surface area contributed by atoms with Crippen molar-refractivity contribution in [3.05, 3.63) is 10.6 Å². The number of methoxy groups -OCH3 is 1. The maximum absolute atomic E-state index is 5.30. The standard InChI is InChI=1S/C16H27N3OS/c1-17-9-15-14(11-20-2)18-16(21-15)19-8-7-12-5-3-4-6-13(12)10-19/h12-13,17H,3-11H2,1-2H3. The zero-order valence-electron chi connectivity index (χ0n) is 13.2. The molecule has 0 radical (unpaired) electrons. The van der Waals surface area contributed by atoms with Crippen LogP contribution in [-0.2, 0) is 17.9 Å². The molecular weight excluding hydrogens is 282 g/mol. The van der Waals surface area contributed by atoms with Crippen molar-refractivity contribution in [1.82, 2.24) is 10.3 Å². The van der Waals surface area contributed by atoms with E-state index >= 15 is 0 Å². The third kappa shape index (κ3) is 3.41. The van der Waals surface area contributed by atoms with E-state index in [9.17, 15) is 0 Å². The van der Waals surface area contributed by atoms with Gasteiger partial charge < -0.3 is 15.0 Å². The second-order valence-corrected chi connectivity index (χ2v) is 7.43. The number of fused-ring (bicyclic) bond motifs is 1. The van der Waals surface area contributed by atoms with Gasteiger partial charge in [-0.3, -0.25) is 0 Å². The molecule has 2 heterocycles. The van der Waals surface area contributed by atoms with Crippen LogP contribution in [0.15, 0.2) is 0 Å². The fourth-order valence-electron chi connectivity index (χ4n) is 3.83. The fourth-order valence-corrected chi connectivity index (χ4v) is 4.94. The zero-order chi connectivity index (χ0) is 14.7. The maximum Gasteiger partial charge on any atom is 0.185 e. The number of aromatic nitrogens is 1. The van der Waals surface area contributed by atoms with Crippen LogP contribution in [0.1, 0.15) is 42.7 Å². The lowest BCUT2D eigenvalue weighted by Crippen LogP contribution is -2.41. The number of hydrogen-bond acceptors (Lipinski definition) is 5. The van der Waals surface area contributed by atoms with Gasteiger partial charge in [0.05, 0.1) is 12.3 Å². The highest BCUT2D eigenvalue weighted by Crippen LogP contribution is 2.38. The summed E-state index contributed by atoms with van der Waals surface area (Å²) in [6.45, 7) is 3.90. The molecular formula is C16H27N3OS. The summed E-state index contributed by atoms with van der Waals surface area (Å²) in [4.78, 5) is 8.70. The first-order chi connectivity index (χ1) is 10.3. The van der Waals surface area contributed by atoms with Crippen LogP contribution >= 0.6 is 11.3 Å². The molecule has 1 aliphatic heterocycles. The molecule has 2 aliphatic rings. The Bertz CT molecular complexity index is 439. The van der Waals surface area contributed by atoms with E-state index in [-0.39, 0.29) is 0 Å². The summed E-state index contributed by atoms with van der Waals surface area (Å²) in [5.41, 5.74) is 1.11. The first kappa shape index (κ1) is 15.3. The second kappa shape index (κ2) is 7.07. The zero-order valence-corrected chi connectivity index (χ0v) is 14.0. The molecule has 0 aromatic carbocycles. The molecule has 5 heteroatoms. The third-order valence-corrected chi connectivity index (χ3v) is 6.11. The van der Waals surface area contributed by atoms with Crippen molar-refractivity contribution < 1.29 is 4.74 Å². The van der Waals surface area contributed by atoms with Gasteiger partial charge >= 0.3 is 0 Å². The molecule has 0 amide bonds. The molecule has 3 rings (SSSR count). The van der Waals surface area contributed by atoms with Crippen molar-refractivity contribution in [3.8, 4) is 0 Å². The number of anilines is 1. The molecule has 2 fully saturated rings. The third-order valence-electron chi connectivity index (χ3n) is 4.95. The molecule has 2 unspecified atom stereocenters. The number of nitrogens with one attached hydrogen (secondary N) is 1. The van der Waals surface area contributed by atoms with Crippen molar-refractivity contribution in [2.45, 2.75) is 45.3 Å². The fraction of sp³-hybridized carbons (Fsp3) is 0.812. The van der Waals surface area contributed by atoms with Gasteiger partial charge in [0.1, 0.15) is 0 Å². The van der Waals surface area contributed by atoms with Gasteiger partial charge in [0, 0.05) is 31.6 Å². The molecule has 4 nitrogen and oxygen atoms in total. The molecule has 1 aromatic heterocycles. The largest absolute Gasteiger partial charge is 0.378 e. The van der Waals surface area contributed by atoms with Gasteiger partial charge in [0.25, 0.3) is 0 Å². The summed E-state index contributed by atoms with van der Waals surface area (Å²) in [5, 5.41) is 4.45. The molecule has 21 heavy (non-hydrogen) atoms. The van der Waals surface area contributed by atoms with Crippen molar-refractivity contribution in [2.75, 3.05) is 32.1 Å². The van der Waals surface area contributed by atoms with Crippen molar-refractivity contribution >= 4 is 16.5 Å². The van der Waals surface area contributed by atoms with Gasteiger partial charge in [-0.25, -0.2) is 4.98 Å². The molecule has 1 aliphatic carbocycles. The molecule has 1 N–H and O–H groups in total. The Kier molecular flexibility index (Phi) is 5.14. The summed E-state index contributed by atoms with van der Waals surface area (Å²) in [6, 6.07) is 0. The lowest BCUT2D eigenvalue weighted by molar-refractivity contribution is 0.181. The van der Waals surface area contributed by atoms with Gasteiger partial charge in [0.2, 0.25) is 0 Å². The van der Waals surface area contributed by atoms with Gasteiger partial charge in [-0.1, -0.05) is 19.3 Å². The Hall–Kier alpha value is -0.650. The van der Waals surface area contributed by atoms with Crippen LogP contribution in [-0.4, -0.2) is 32.2 Å². The van der Waals surface area contributed by atoms with Crippen molar-refractivity contribution in [2.24, 2.45) is 11.8 Å². The lowest BCUT2D eigenvalue weighted by atomic mass is 9.75. The average Bonchev–Trinajstić information content (AvgIpc) is 2.91. The highest BCUT2D eigenvalue weighted by Gasteiger charge is 2.32. The van der Waals surface area contributed by atoms with E-state index in [4.69, 9.17) is 9.72 Å². The highest BCUT2D eigenvalue weighted by atomic mass is 32.1. The summed E-state index contributed by atoms with van der Waals surface area (Å²) in [7, 11) is 3.74. The number of thiazole rings is 1. The lowest BCUT2D eigenvalue weighted by Gasteiger charge is -2.41. The Morgan fingerprint density at radius 1 is 1.29 bits per heavy atom. The van der Waals surface area contributed by atoms with Crippen molar-refractivity contribution in [3.63, 3.8) is 0 Å². The van der Waals surface area contributed by atoms with Crippen LogP contribution in [0, 0.1) is 11.8 Å². The number of rotatable bonds is 5. The molecule has 118 valence electrons. The van der Waals surface area contributed by atoms with Gasteiger partial charge in [0.15, 0.2) is 5.13 Å². The monoisotopic (exact) mass is 309 g/mol. The molecule has 2 atom stereocenters. The normalized spacial score (nSPS) is 25.9. The minimum Gasteiger partial charge on any atom is -0.378 e. The molecule has 1 aromatic rings. The van der Waals surface area contributed by atoms with Gasteiger partial charge in [-0.15, -0.1) is 11.3 Å². The van der Waals surface area contributed by atoms with E-state index < -0.39 is 0 Å². The van der Waals surface area contributed by atoms with E-state index in [0.29, 0.717) is 6.61 Å². The summed E-state index contributed by atoms with van der Waals surface area (Å²) < 4.78 is 5.30. The van der Waals surface area contributed by atoms with E-state index in [2.05, 4.69) is 10.2 Å². The molecule has 0 spiro atoms. The summed E-state index contributed by atoms with van der Waals surface area (Å²) >= 11 is 1.84. The van der Waals surface area contributed by atoms with Gasteiger partial charge in [-0.2, -0.15) is 0 Å². The average molecular weight is 309 g/mol. The maximum atomic E-state index is 5.30. The smallest absolute Gasteiger partial charge is 0.185 e. The van der Waals surface area contributed by atoms with Crippen LogP contribution < -0.4 is 10.2 Å². The van der Waals surface area contributed by atoms with E-state index in [1.54, 1.807) is 7.11 Å². The van der Waals surface area contributed by atoms with Crippen LogP contribution in [0.5, 0.6) is 0 Å². The van der Waals surface area contributed by atoms with E-state index in [1.165, 1.54) is 55.2 Å². The number of nitrogens with zero attached hydrogens (tertiary/aromatic N) is 2. The van der Waals surface area contributed by atoms with Crippen LogP contribution in [0.25, 0.3) is 0 Å². The summed E-state index contributed by atoms with van der Waals surface area (Å²) in [6.07, 6.45) is 7.10. The first-order valence-corrected chi connectivity index (χ1v) is 9.00. The Labute approximate surface area is 131 Å². The second-order valence-electron chi connectivity index (χ2n) is 6.37. The number of piperidine rings is 1.